The number of allylic oxidation sites excluding steroid dienone is 4. The summed E-state index contributed by atoms with van der Waals surface area (Å²) in [5, 5.41) is 1.54. The van der Waals surface area contributed by atoms with E-state index in [1.165, 1.54) is 0 Å². The molecule has 2 atom stereocenters. The molecule has 0 fully saturated rings. The Kier molecular flexibility index (Phi) is 10.4. The first kappa shape index (κ1) is 24.7. The van der Waals surface area contributed by atoms with Crippen LogP contribution in [-0.4, -0.2) is 27.0 Å². The third kappa shape index (κ3) is 6.75. The fourth-order valence-corrected chi connectivity index (χ4v) is 6.66. The van der Waals surface area contributed by atoms with Crippen LogP contribution in [-0.2, 0) is 21.8 Å². The molecule has 0 radical (unpaired) electrons. The van der Waals surface area contributed by atoms with E-state index >= 15 is 0 Å². The van der Waals surface area contributed by atoms with Crippen LogP contribution < -0.4 is 0 Å². The average Bonchev–Trinajstić information content (AvgIpc) is 2.77. The van der Waals surface area contributed by atoms with Crippen molar-refractivity contribution in [2.75, 3.05) is 7.11 Å². The summed E-state index contributed by atoms with van der Waals surface area (Å²) < 4.78 is 5.78. The molecule has 24 heavy (non-hydrogen) atoms. The van der Waals surface area contributed by atoms with Gasteiger partial charge in [-0.3, -0.25) is 0 Å². The van der Waals surface area contributed by atoms with E-state index in [1.807, 2.05) is 7.11 Å². The molecule has 2 nitrogen and oxygen atoms in total. The summed E-state index contributed by atoms with van der Waals surface area (Å²) in [5.74, 6) is 0. The number of methoxy groups -OCH3 is 1. The van der Waals surface area contributed by atoms with Gasteiger partial charge in [-0.1, -0.05) is 64.2 Å². The Hall–Kier alpha value is 0.651. The van der Waals surface area contributed by atoms with Crippen molar-refractivity contribution in [1.82, 2.24) is 0 Å². The van der Waals surface area contributed by atoms with E-state index in [-0.39, 0.29) is 24.5 Å². The average molecular weight is 424 g/mol. The van der Waals surface area contributed by atoms with Gasteiger partial charge in [0.05, 0.1) is 6.10 Å². The molecule has 2 aliphatic carbocycles. The van der Waals surface area contributed by atoms with Crippen molar-refractivity contribution in [2.24, 2.45) is 5.41 Å². The molecular weight excluding hydrogens is 393 g/mol. The minimum atomic E-state index is -1.73. The van der Waals surface area contributed by atoms with E-state index < -0.39 is 25.3 Å². The second-order valence-electron chi connectivity index (χ2n) is 7.66. The van der Waals surface area contributed by atoms with Crippen LogP contribution in [0, 0.1) is 12.8 Å². The predicted molar refractivity (Wildman–Crippen MR) is 108 cm³/mol. The van der Waals surface area contributed by atoms with Crippen molar-refractivity contribution < 1.29 is 21.8 Å². The molecule has 0 bridgehead atoms. The molecule has 0 heterocycles. The van der Waals surface area contributed by atoms with Crippen molar-refractivity contribution in [3.8, 4) is 0 Å². The first-order valence-electron chi connectivity index (χ1n) is 7.89. The van der Waals surface area contributed by atoms with Gasteiger partial charge in [0.2, 0.25) is 0 Å². The Bertz CT molecular complexity index is 486. The first-order chi connectivity index (χ1) is 10.6. The molecule has 0 saturated heterocycles. The van der Waals surface area contributed by atoms with Crippen molar-refractivity contribution in [3.05, 3.63) is 48.0 Å². The van der Waals surface area contributed by atoms with E-state index in [4.69, 9.17) is 28.3 Å². The van der Waals surface area contributed by atoms with Gasteiger partial charge in [0, 0.05) is 12.5 Å². The van der Waals surface area contributed by atoms with Crippen molar-refractivity contribution in [3.63, 3.8) is 0 Å². The van der Waals surface area contributed by atoms with Crippen LogP contribution in [0.3, 0.4) is 0 Å². The van der Waals surface area contributed by atoms with Gasteiger partial charge in [-0.2, -0.15) is 0 Å². The molecule has 0 aromatic heterocycles. The van der Waals surface area contributed by atoms with E-state index in [1.54, 1.807) is 5.20 Å². The number of hydrogen-bond donors (Lipinski definition) is 0. The maximum absolute atomic E-state index is 5.78. The Morgan fingerprint density at radius 3 is 2.29 bits per heavy atom. The Morgan fingerprint density at radius 2 is 1.88 bits per heavy atom. The number of halogens is 2. The molecule has 0 saturated carbocycles. The van der Waals surface area contributed by atoms with Gasteiger partial charge in [-0.15, -0.1) is 10.7 Å². The van der Waals surface area contributed by atoms with Gasteiger partial charge < -0.3 is 17.1 Å². The quantitative estimate of drug-likeness (QED) is 0.371. The molecule has 2 aliphatic rings. The topological polar surface area (TPSA) is 23.3 Å². The zero-order valence-electron chi connectivity index (χ0n) is 16.0. The summed E-state index contributed by atoms with van der Waals surface area (Å²) in [5.41, 5.74) is 0.174. The van der Waals surface area contributed by atoms with Crippen molar-refractivity contribution >= 4 is 26.8 Å². The molecule has 6 heteroatoms. The second kappa shape index (κ2) is 10.1. The van der Waals surface area contributed by atoms with Crippen LogP contribution in [0.1, 0.15) is 33.6 Å². The minimum absolute atomic E-state index is 0. The summed E-state index contributed by atoms with van der Waals surface area (Å²) in [6.45, 7) is 11.3. The second-order valence-corrected chi connectivity index (χ2v) is 14.2. The maximum atomic E-state index is 5.78. The third-order valence-electron chi connectivity index (χ3n) is 4.27. The molecule has 138 valence electrons. The van der Waals surface area contributed by atoms with Crippen LogP contribution in [0.4, 0.5) is 0 Å². The summed E-state index contributed by atoms with van der Waals surface area (Å²) in [4.78, 5) is 5.14. The summed E-state index contributed by atoms with van der Waals surface area (Å²) in [7, 11) is 9.88. The monoisotopic (exact) mass is 423 g/mol. The molecule has 2 unspecified atom stereocenters. The standard InChI is InChI=1S/C17H28NOSi.CH3.2ClH.Ti/c1-16(2,3)18-20(5,6)14-12-15(19-4)17(13-14)10-8-7-9-11-17;;;;/h7-10,12,15H,11,13H2,1-6H3;1H3;2*1H;/q2*-1;;;+2/p-2. The first-order valence-corrected chi connectivity index (χ1v) is 15.1. The van der Waals surface area contributed by atoms with Gasteiger partial charge in [0.25, 0.3) is 0 Å². The fourth-order valence-electron chi connectivity index (χ4n) is 3.52. The summed E-state index contributed by atoms with van der Waals surface area (Å²) >= 11 is -0.556. The fraction of sp³-hybridized carbons (Fsp3) is 0.611. The third-order valence-corrected chi connectivity index (χ3v) is 7.41. The van der Waals surface area contributed by atoms with Crippen molar-refractivity contribution in [2.45, 2.75) is 58.3 Å². The van der Waals surface area contributed by atoms with Crippen LogP contribution in [0.2, 0.25) is 13.1 Å². The number of hydrogen-bond acceptors (Lipinski definition) is 1. The zero-order valence-corrected chi connectivity index (χ0v) is 20.1. The van der Waals surface area contributed by atoms with E-state index in [9.17, 15) is 0 Å². The van der Waals surface area contributed by atoms with E-state index in [2.05, 4.69) is 64.2 Å². The number of rotatable bonds is 3. The SMILES string of the molecule is COC1C=C([Si](C)(C)[N-]C(C)(C)C)CC12C=CC=CC2.[CH3-].[Cl][Ti][Cl]. The van der Waals surface area contributed by atoms with Crippen LogP contribution in [0.15, 0.2) is 35.6 Å². The van der Waals surface area contributed by atoms with Crippen LogP contribution >= 0.6 is 18.6 Å². The van der Waals surface area contributed by atoms with Crippen LogP contribution in [0.25, 0.3) is 4.98 Å². The number of ether oxygens (including phenoxy) is 1. The van der Waals surface area contributed by atoms with Gasteiger partial charge in [-0.25, -0.2) is 0 Å². The van der Waals surface area contributed by atoms with Crippen molar-refractivity contribution in [1.29, 1.82) is 0 Å². The van der Waals surface area contributed by atoms with Gasteiger partial charge in [0.1, 0.15) is 0 Å². The van der Waals surface area contributed by atoms with Crippen LogP contribution in [0.5, 0.6) is 0 Å². The predicted octanol–water partition coefficient (Wildman–Crippen LogP) is 6.58. The van der Waals surface area contributed by atoms with E-state index in [0.717, 1.165) is 12.8 Å². The summed E-state index contributed by atoms with van der Waals surface area (Å²) in [6.07, 6.45) is 13.6. The summed E-state index contributed by atoms with van der Waals surface area (Å²) in [6, 6.07) is 0. The number of nitrogens with zero attached hydrogens (tertiary/aromatic N) is 1. The molecule has 0 aromatic rings. The molecule has 0 aliphatic heterocycles. The van der Waals surface area contributed by atoms with E-state index in [0.29, 0.717) is 0 Å². The Labute approximate surface area is 166 Å². The normalized spacial score (nSPS) is 25.7. The molecule has 2 rings (SSSR count). The Morgan fingerprint density at radius 1 is 1.29 bits per heavy atom. The molecule has 0 N–H and O–H groups in total. The van der Waals surface area contributed by atoms with Gasteiger partial charge in [0.15, 0.2) is 0 Å². The van der Waals surface area contributed by atoms with Gasteiger partial charge in [-0.05, 0) is 21.1 Å². The van der Waals surface area contributed by atoms with Gasteiger partial charge >= 0.3 is 35.6 Å². The molecule has 0 aromatic carbocycles. The Balaban J connectivity index is 0.00000123. The molecule has 0 amide bonds. The molecular formula is C18H31Cl2NOSiTi-2. The zero-order chi connectivity index (χ0) is 17.7. The molecule has 1 spiro atoms.